The Balaban J connectivity index is 1.28. The van der Waals surface area contributed by atoms with Crippen molar-refractivity contribution in [2.24, 2.45) is 5.10 Å². The predicted molar refractivity (Wildman–Crippen MR) is 124 cm³/mol. The van der Waals surface area contributed by atoms with E-state index in [2.05, 4.69) is 25.3 Å². The molecular weight excluding hydrogens is 476 g/mol. The summed E-state index contributed by atoms with van der Waals surface area (Å²) in [6.45, 7) is 3.40. The Morgan fingerprint density at radius 2 is 1.97 bits per heavy atom. The largest absolute Gasteiger partial charge is 0.341 e. The fourth-order valence-corrected chi connectivity index (χ4v) is 4.72. The zero-order valence-corrected chi connectivity index (χ0v) is 19.4. The minimum Gasteiger partial charge on any atom is -0.337 e. The summed E-state index contributed by atoms with van der Waals surface area (Å²) >= 11 is 1.25. The number of aromatic nitrogens is 4. The van der Waals surface area contributed by atoms with E-state index in [0.29, 0.717) is 54.1 Å². The molecule has 1 aromatic carbocycles. The van der Waals surface area contributed by atoms with Crippen LogP contribution in [-0.2, 0) is 0 Å². The van der Waals surface area contributed by atoms with Crippen molar-refractivity contribution in [3.05, 3.63) is 52.2 Å². The lowest BCUT2D eigenvalue weighted by Crippen LogP contribution is -2.52. The number of piperazine rings is 1. The topological polar surface area (TPSA) is 115 Å². The maximum absolute atomic E-state index is 14.3. The number of hydrogen-bond acceptors (Lipinski definition) is 9. The zero-order valence-electron chi connectivity index (χ0n) is 18.6. The molecular formula is C22H19F2N9OS. The number of urea groups is 1. The average Bonchev–Trinajstić information content (AvgIpc) is 3.53. The van der Waals surface area contributed by atoms with Crippen molar-refractivity contribution in [1.82, 2.24) is 30.1 Å². The molecule has 2 aliphatic heterocycles. The number of carbonyl (C=O) groups is 1. The van der Waals surface area contributed by atoms with Gasteiger partial charge in [-0.3, -0.25) is 0 Å². The lowest BCUT2D eigenvalue weighted by atomic mass is 10.0. The van der Waals surface area contributed by atoms with Crippen LogP contribution >= 0.6 is 11.3 Å². The van der Waals surface area contributed by atoms with Gasteiger partial charge in [0, 0.05) is 38.8 Å². The first-order valence-electron chi connectivity index (χ1n) is 10.8. The molecule has 5 rings (SSSR count). The van der Waals surface area contributed by atoms with Crippen LogP contribution in [0, 0.1) is 29.9 Å². The molecule has 35 heavy (non-hydrogen) atoms. The third-order valence-corrected chi connectivity index (χ3v) is 6.60. The molecule has 10 nitrogen and oxygen atoms in total. The minimum absolute atomic E-state index is 0.0974. The van der Waals surface area contributed by atoms with Gasteiger partial charge in [-0.2, -0.15) is 10.4 Å². The van der Waals surface area contributed by atoms with Crippen LogP contribution < -0.4 is 4.90 Å². The van der Waals surface area contributed by atoms with E-state index in [0.717, 1.165) is 12.3 Å². The van der Waals surface area contributed by atoms with Gasteiger partial charge in [0.15, 0.2) is 10.8 Å². The van der Waals surface area contributed by atoms with Crippen LogP contribution in [0.15, 0.2) is 29.5 Å². The number of aryl methyl sites for hydroxylation is 1. The summed E-state index contributed by atoms with van der Waals surface area (Å²) in [5.41, 5.74) is 0.806. The van der Waals surface area contributed by atoms with Gasteiger partial charge in [0.1, 0.15) is 16.5 Å². The highest BCUT2D eigenvalue weighted by atomic mass is 32.1. The smallest absolute Gasteiger partial charge is 0.337 e. The van der Waals surface area contributed by atoms with E-state index in [1.165, 1.54) is 22.4 Å². The van der Waals surface area contributed by atoms with Crippen molar-refractivity contribution >= 4 is 29.5 Å². The Morgan fingerprint density at radius 1 is 1.17 bits per heavy atom. The summed E-state index contributed by atoms with van der Waals surface area (Å²) < 4.78 is 28.3. The van der Waals surface area contributed by atoms with Gasteiger partial charge in [0.05, 0.1) is 23.9 Å². The van der Waals surface area contributed by atoms with Gasteiger partial charge in [-0.25, -0.2) is 28.6 Å². The van der Waals surface area contributed by atoms with Crippen molar-refractivity contribution in [3.8, 4) is 16.8 Å². The van der Waals surface area contributed by atoms with E-state index in [-0.39, 0.29) is 17.3 Å². The second-order valence-corrected chi connectivity index (χ2v) is 9.21. The normalized spacial score (nSPS) is 17.7. The highest BCUT2D eigenvalue weighted by Crippen LogP contribution is 2.31. The SMILES string of the molecule is Cc1nnc(-c2nc(N3CCN(C(=O)N4N=CC[C@H]4c4cc(F)cc(C#N)c4)CC3)ncc2F)s1. The number of benzene rings is 1. The highest BCUT2D eigenvalue weighted by molar-refractivity contribution is 7.14. The number of hydrogen-bond donors (Lipinski definition) is 0. The highest BCUT2D eigenvalue weighted by Gasteiger charge is 2.34. The lowest BCUT2D eigenvalue weighted by Gasteiger charge is -2.37. The number of carbonyl (C=O) groups excluding carboxylic acids is 1. The maximum Gasteiger partial charge on any atom is 0.341 e. The summed E-state index contributed by atoms with van der Waals surface area (Å²) in [5, 5.41) is 23.7. The summed E-state index contributed by atoms with van der Waals surface area (Å²) in [5.74, 6) is -0.759. The van der Waals surface area contributed by atoms with E-state index in [1.54, 1.807) is 24.1 Å². The van der Waals surface area contributed by atoms with Gasteiger partial charge in [-0.1, -0.05) is 11.3 Å². The average molecular weight is 496 g/mol. The second kappa shape index (κ2) is 9.30. The molecule has 1 atom stereocenters. The van der Waals surface area contributed by atoms with Gasteiger partial charge < -0.3 is 9.80 Å². The van der Waals surface area contributed by atoms with Crippen LogP contribution in [0.3, 0.4) is 0 Å². The van der Waals surface area contributed by atoms with Crippen molar-refractivity contribution in [1.29, 1.82) is 5.26 Å². The van der Waals surface area contributed by atoms with Gasteiger partial charge in [0.2, 0.25) is 5.95 Å². The van der Waals surface area contributed by atoms with Gasteiger partial charge in [0.25, 0.3) is 0 Å². The van der Waals surface area contributed by atoms with Crippen LogP contribution in [0.1, 0.15) is 28.6 Å². The third kappa shape index (κ3) is 4.52. The van der Waals surface area contributed by atoms with Gasteiger partial charge >= 0.3 is 6.03 Å². The molecule has 0 aliphatic carbocycles. The van der Waals surface area contributed by atoms with E-state index >= 15 is 0 Å². The molecule has 13 heteroatoms. The van der Waals surface area contributed by atoms with Crippen LogP contribution in [-0.4, -0.2) is 68.5 Å². The molecule has 2 aromatic heterocycles. The molecule has 178 valence electrons. The molecule has 0 saturated carbocycles. The maximum atomic E-state index is 14.3. The summed E-state index contributed by atoms with van der Waals surface area (Å²) in [7, 11) is 0. The van der Waals surface area contributed by atoms with Crippen molar-refractivity contribution in [2.45, 2.75) is 19.4 Å². The summed E-state index contributed by atoms with van der Waals surface area (Å²) in [6.07, 6.45) is 3.15. The van der Waals surface area contributed by atoms with Gasteiger partial charge in [-0.05, 0) is 30.7 Å². The lowest BCUT2D eigenvalue weighted by molar-refractivity contribution is 0.139. The molecule has 0 N–H and O–H groups in total. The summed E-state index contributed by atoms with van der Waals surface area (Å²) in [4.78, 5) is 25.2. The van der Waals surface area contributed by atoms with Crippen molar-refractivity contribution in [3.63, 3.8) is 0 Å². The van der Waals surface area contributed by atoms with Crippen molar-refractivity contribution in [2.75, 3.05) is 31.1 Å². The Bertz CT molecular complexity index is 1350. The van der Waals surface area contributed by atoms with Crippen LogP contribution in [0.5, 0.6) is 0 Å². The number of nitriles is 1. The van der Waals surface area contributed by atoms with Crippen LogP contribution in [0.25, 0.3) is 10.7 Å². The third-order valence-electron chi connectivity index (χ3n) is 5.75. The predicted octanol–water partition coefficient (Wildman–Crippen LogP) is 3.13. The van der Waals surface area contributed by atoms with Crippen molar-refractivity contribution < 1.29 is 13.6 Å². The van der Waals surface area contributed by atoms with Crippen LogP contribution in [0.4, 0.5) is 19.5 Å². The van der Waals surface area contributed by atoms with E-state index in [4.69, 9.17) is 5.26 Å². The molecule has 4 heterocycles. The molecule has 1 saturated heterocycles. The van der Waals surface area contributed by atoms with E-state index in [1.807, 2.05) is 11.0 Å². The number of nitrogens with zero attached hydrogens (tertiary/aromatic N) is 9. The fourth-order valence-electron chi connectivity index (χ4n) is 4.04. The first-order chi connectivity index (χ1) is 16.9. The number of halogens is 2. The number of amides is 2. The summed E-state index contributed by atoms with van der Waals surface area (Å²) in [6, 6.07) is 5.19. The molecule has 2 amide bonds. The number of anilines is 1. The number of rotatable bonds is 3. The molecule has 0 bridgehead atoms. The number of hydrazone groups is 1. The Morgan fingerprint density at radius 3 is 2.69 bits per heavy atom. The second-order valence-electron chi connectivity index (χ2n) is 8.03. The van der Waals surface area contributed by atoms with E-state index in [9.17, 15) is 13.6 Å². The first kappa shape index (κ1) is 22.7. The monoisotopic (exact) mass is 495 g/mol. The van der Waals surface area contributed by atoms with E-state index < -0.39 is 17.7 Å². The Labute approximate surface area is 203 Å². The van der Waals surface area contributed by atoms with Gasteiger partial charge in [-0.15, -0.1) is 10.2 Å². The molecule has 2 aliphatic rings. The standard InChI is InChI=1S/C22H19F2N9OS/c1-13-29-30-20(35-13)19-17(24)12-26-21(28-19)31-4-6-32(7-5-31)22(34)33-18(2-3-27-33)15-8-14(11-25)9-16(23)10-15/h3,8-10,12,18H,2,4-7H2,1H3/t18-/m0/s1. The molecule has 0 radical (unpaired) electrons. The molecule has 0 unspecified atom stereocenters. The minimum atomic E-state index is -0.575. The molecule has 1 fully saturated rings. The quantitative estimate of drug-likeness (QED) is 0.548. The Hall–Kier alpha value is -4.05. The molecule has 0 spiro atoms. The zero-order chi connectivity index (χ0) is 24.5. The molecule has 3 aromatic rings. The van der Waals surface area contributed by atoms with Crippen LogP contribution in [0.2, 0.25) is 0 Å². The fraction of sp³-hybridized carbons (Fsp3) is 0.318. The first-order valence-corrected chi connectivity index (χ1v) is 11.6. The Kier molecular flexibility index (Phi) is 6.04.